The lowest BCUT2D eigenvalue weighted by Gasteiger charge is -2.42. The van der Waals surface area contributed by atoms with Crippen LogP contribution in [0.4, 0.5) is 10.5 Å². The fourth-order valence-corrected chi connectivity index (χ4v) is 11.3. The van der Waals surface area contributed by atoms with Crippen molar-refractivity contribution in [3.8, 4) is 11.5 Å². The average molecular weight is 519 g/mol. The zero-order valence-corrected chi connectivity index (χ0v) is 23.7. The molecule has 0 radical (unpaired) electrons. The maximum Gasteiger partial charge on any atom is 0.411 e. The molecule has 1 saturated carbocycles. The quantitative estimate of drug-likeness (QED) is 0.293. The minimum Gasteiger partial charge on any atom is -0.540 e. The lowest BCUT2D eigenvalue weighted by Crippen LogP contribution is -2.50. The first-order valence-corrected chi connectivity index (χ1v) is 15.0. The van der Waals surface area contributed by atoms with Crippen molar-refractivity contribution in [2.45, 2.75) is 83.1 Å². The van der Waals surface area contributed by atoms with Crippen molar-refractivity contribution in [2.75, 3.05) is 25.6 Å². The van der Waals surface area contributed by atoms with Gasteiger partial charge in [-0.25, -0.2) is 4.79 Å². The second-order valence-corrected chi connectivity index (χ2v) is 16.2. The number of ether oxygens (including phenoxy) is 2. The lowest BCUT2D eigenvalue weighted by molar-refractivity contribution is 0.0630. The molecule has 9 heteroatoms. The second-order valence-electron chi connectivity index (χ2n) is 10.8. The van der Waals surface area contributed by atoms with Crippen LogP contribution < -0.4 is 14.5 Å². The van der Waals surface area contributed by atoms with Gasteiger partial charge in [-0.05, 0) is 41.4 Å². The first-order valence-electron chi connectivity index (χ1n) is 12.9. The summed E-state index contributed by atoms with van der Waals surface area (Å²) in [6.45, 7) is 16.7. The Morgan fingerprint density at radius 2 is 1.78 bits per heavy atom. The molecule has 3 atom stereocenters. The Morgan fingerprint density at radius 3 is 2.31 bits per heavy atom. The number of carbonyl (C=O) groups is 2. The predicted molar refractivity (Wildman–Crippen MR) is 143 cm³/mol. The third-order valence-electron chi connectivity index (χ3n) is 7.75. The summed E-state index contributed by atoms with van der Waals surface area (Å²) in [5, 5.41) is 12.6. The maximum absolute atomic E-state index is 13.8. The SMILES string of the molecule is C=CCOC(=O)Nc1cc(O[Si](C(C)C)(C(C)C)C(C)C)c(OC)cc1C(=O)N1[C@H](CO)C[C@@H]2C[C@@H]21. The van der Waals surface area contributed by atoms with Crippen molar-refractivity contribution in [2.24, 2.45) is 5.92 Å². The van der Waals surface area contributed by atoms with Crippen LogP contribution in [0, 0.1) is 5.92 Å². The molecule has 0 aromatic heterocycles. The van der Waals surface area contributed by atoms with Crippen molar-refractivity contribution in [1.82, 2.24) is 4.90 Å². The summed E-state index contributed by atoms with van der Waals surface area (Å²) in [4.78, 5) is 28.1. The Bertz CT molecular complexity index is 957. The highest BCUT2D eigenvalue weighted by Crippen LogP contribution is 2.50. The topological polar surface area (TPSA) is 97.3 Å². The molecule has 1 aromatic carbocycles. The van der Waals surface area contributed by atoms with Gasteiger partial charge in [-0.15, -0.1) is 0 Å². The largest absolute Gasteiger partial charge is 0.540 e. The zero-order valence-electron chi connectivity index (χ0n) is 22.7. The number of rotatable bonds is 11. The molecule has 1 aromatic rings. The van der Waals surface area contributed by atoms with Gasteiger partial charge >= 0.3 is 6.09 Å². The monoisotopic (exact) mass is 518 g/mol. The summed E-state index contributed by atoms with van der Waals surface area (Å²) in [5.41, 5.74) is 1.54. The third kappa shape index (κ3) is 5.27. The van der Waals surface area contributed by atoms with Crippen LogP contribution in [0.2, 0.25) is 16.6 Å². The van der Waals surface area contributed by atoms with Gasteiger partial charge in [0.05, 0.1) is 31.0 Å². The molecule has 1 aliphatic heterocycles. The molecule has 0 unspecified atom stereocenters. The number of aliphatic hydroxyl groups excluding tert-OH is 1. The molecule has 36 heavy (non-hydrogen) atoms. The summed E-state index contributed by atoms with van der Waals surface area (Å²) in [5.74, 6) is 1.12. The number of benzene rings is 1. The van der Waals surface area contributed by atoms with Crippen LogP contribution in [0.5, 0.6) is 11.5 Å². The summed E-state index contributed by atoms with van der Waals surface area (Å²) in [6, 6.07) is 3.22. The molecule has 200 valence electrons. The van der Waals surface area contributed by atoms with E-state index < -0.39 is 14.4 Å². The van der Waals surface area contributed by atoms with E-state index in [0.717, 1.165) is 12.8 Å². The molecule has 8 nitrogen and oxygen atoms in total. The average Bonchev–Trinajstić information content (AvgIpc) is 3.49. The van der Waals surface area contributed by atoms with E-state index >= 15 is 0 Å². The number of hydrogen-bond donors (Lipinski definition) is 2. The summed E-state index contributed by atoms with van der Waals surface area (Å²) >= 11 is 0. The summed E-state index contributed by atoms with van der Waals surface area (Å²) in [6.07, 6.45) is 2.52. The fraction of sp³-hybridized carbons (Fsp3) is 0.630. The van der Waals surface area contributed by atoms with Crippen molar-refractivity contribution < 1.29 is 28.6 Å². The lowest BCUT2D eigenvalue weighted by atomic mass is 10.1. The summed E-state index contributed by atoms with van der Waals surface area (Å²) < 4.78 is 17.7. The van der Waals surface area contributed by atoms with Gasteiger partial charge in [0.2, 0.25) is 0 Å². The van der Waals surface area contributed by atoms with Crippen LogP contribution in [0.15, 0.2) is 24.8 Å². The van der Waals surface area contributed by atoms with Crippen molar-refractivity contribution >= 4 is 26.0 Å². The smallest absolute Gasteiger partial charge is 0.411 e. The van der Waals surface area contributed by atoms with Gasteiger partial charge in [0.25, 0.3) is 14.2 Å². The molecule has 3 rings (SSSR count). The molecule has 0 bridgehead atoms. The predicted octanol–water partition coefficient (Wildman–Crippen LogP) is 5.58. The molecule has 1 heterocycles. The molecule has 1 aliphatic carbocycles. The number of fused-ring (bicyclic) bond motifs is 1. The number of carbonyl (C=O) groups excluding carboxylic acids is 2. The number of methoxy groups -OCH3 is 1. The van der Waals surface area contributed by atoms with Gasteiger partial charge in [-0.1, -0.05) is 54.2 Å². The molecule has 2 N–H and O–H groups in total. The molecule has 2 aliphatic rings. The molecule has 1 saturated heterocycles. The van der Waals surface area contributed by atoms with Gasteiger partial charge in [0.1, 0.15) is 12.4 Å². The Hall–Kier alpha value is -2.52. The molecule has 2 amide bonds. The highest BCUT2D eigenvalue weighted by Gasteiger charge is 2.54. The number of likely N-dealkylation sites (tertiary alicyclic amines) is 1. The van der Waals surface area contributed by atoms with E-state index in [1.807, 2.05) is 0 Å². The van der Waals surface area contributed by atoms with Crippen LogP contribution in [-0.4, -0.2) is 62.7 Å². The number of nitrogens with zero attached hydrogens (tertiary/aromatic N) is 1. The minimum atomic E-state index is -2.36. The zero-order chi connectivity index (χ0) is 26.8. The van der Waals surface area contributed by atoms with Crippen LogP contribution in [0.3, 0.4) is 0 Å². The van der Waals surface area contributed by atoms with E-state index in [1.165, 1.54) is 6.08 Å². The molecule has 2 fully saturated rings. The highest BCUT2D eigenvalue weighted by molar-refractivity contribution is 6.78. The normalized spacial score (nSPS) is 21.0. The Labute approximate surface area is 216 Å². The Kier molecular flexibility index (Phi) is 8.77. The third-order valence-corrected chi connectivity index (χ3v) is 13.7. The Balaban J connectivity index is 2.09. The van der Waals surface area contributed by atoms with Gasteiger partial charge in [0, 0.05) is 12.1 Å². The van der Waals surface area contributed by atoms with Gasteiger partial charge in [-0.2, -0.15) is 0 Å². The van der Waals surface area contributed by atoms with E-state index in [2.05, 4.69) is 53.4 Å². The molecule has 0 spiro atoms. The van der Waals surface area contributed by atoms with Crippen molar-refractivity contribution in [1.29, 1.82) is 0 Å². The van der Waals surface area contributed by atoms with Crippen LogP contribution in [0.1, 0.15) is 64.7 Å². The first-order chi connectivity index (χ1) is 17.0. The number of nitrogens with one attached hydrogen (secondary N) is 1. The maximum atomic E-state index is 13.8. The fourth-order valence-electron chi connectivity index (χ4n) is 6.08. The van der Waals surface area contributed by atoms with E-state index in [9.17, 15) is 14.7 Å². The highest BCUT2D eigenvalue weighted by atomic mass is 28.4. The number of amides is 2. The summed E-state index contributed by atoms with van der Waals surface area (Å²) in [7, 11) is -0.807. The number of anilines is 1. The Morgan fingerprint density at radius 1 is 1.14 bits per heavy atom. The van der Waals surface area contributed by atoms with Gasteiger partial charge in [-0.3, -0.25) is 10.1 Å². The van der Waals surface area contributed by atoms with Crippen LogP contribution >= 0.6 is 0 Å². The van der Waals surface area contributed by atoms with E-state index in [0.29, 0.717) is 39.7 Å². The minimum absolute atomic E-state index is 0.0428. The first kappa shape index (κ1) is 28.1. The van der Waals surface area contributed by atoms with Gasteiger partial charge < -0.3 is 23.9 Å². The van der Waals surface area contributed by atoms with E-state index in [4.69, 9.17) is 13.9 Å². The number of piperidine rings is 1. The van der Waals surface area contributed by atoms with Crippen molar-refractivity contribution in [3.63, 3.8) is 0 Å². The number of hydrogen-bond acceptors (Lipinski definition) is 6. The van der Waals surface area contributed by atoms with Crippen LogP contribution in [-0.2, 0) is 4.74 Å². The van der Waals surface area contributed by atoms with E-state index in [1.54, 1.807) is 24.1 Å². The van der Waals surface area contributed by atoms with Crippen molar-refractivity contribution in [3.05, 3.63) is 30.4 Å². The van der Waals surface area contributed by atoms with E-state index in [-0.39, 0.29) is 36.8 Å². The second kappa shape index (κ2) is 11.3. The van der Waals surface area contributed by atoms with Gasteiger partial charge in [0.15, 0.2) is 5.75 Å². The number of aliphatic hydroxyl groups is 1. The van der Waals surface area contributed by atoms with Crippen LogP contribution in [0.25, 0.3) is 0 Å². The molecular weight excluding hydrogens is 476 g/mol. The standard InChI is InChI=1S/C27H42N2O6Si/c1-9-10-34-27(32)28-22-14-25(35-36(16(2)3,17(4)5)18(6)7)24(33-8)13-21(22)26(31)29-20(15-30)11-19-12-23(19)29/h9,13-14,16-20,23,30H,1,10-12,15H2,2-8H3,(H,28,32)/t19-,20+,23+/m1/s1. The molecular formula is C27H42N2O6Si.